The molecule has 0 unspecified atom stereocenters. The van der Waals surface area contributed by atoms with E-state index in [1.165, 1.54) is 23.2 Å². The zero-order valence-electron chi connectivity index (χ0n) is 13.9. The van der Waals surface area contributed by atoms with Gasteiger partial charge < -0.3 is 21.1 Å². The summed E-state index contributed by atoms with van der Waals surface area (Å²) in [5.41, 5.74) is 6.84. The number of β-amino-alcohol motifs (C(OH)–C–C–N with tert-alkyl or cyclic N) is 1. The number of pyridine rings is 1. The third kappa shape index (κ3) is 4.12. The van der Waals surface area contributed by atoms with Crippen molar-refractivity contribution < 1.29 is 14.7 Å². The molecule has 1 aliphatic rings. The number of halogens is 1. The number of likely N-dealkylation sites (tertiary alicyclic amines) is 1. The summed E-state index contributed by atoms with van der Waals surface area (Å²) in [6.45, 7) is 0.410. The molecule has 1 fully saturated rings. The fraction of sp³-hybridized carbons (Fsp3) is 0.278. The summed E-state index contributed by atoms with van der Waals surface area (Å²) in [5, 5.41) is 13.4. The smallest absolute Gasteiger partial charge is 0.254 e. The Bertz CT molecular complexity index is 812. The number of hydrogen-bond acceptors (Lipinski definition) is 5. The third-order valence-corrected chi connectivity index (χ3v) is 4.50. The van der Waals surface area contributed by atoms with E-state index in [9.17, 15) is 14.7 Å². The lowest BCUT2D eigenvalue weighted by atomic mass is 10.1. The molecule has 2 atom stereocenters. The molecule has 8 heteroatoms. The van der Waals surface area contributed by atoms with Gasteiger partial charge in [0.2, 0.25) is 5.91 Å². The maximum atomic E-state index is 12.7. The number of aromatic nitrogens is 1. The van der Waals surface area contributed by atoms with Gasteiger partial charge in [0, 0.05) is 36.3 Å². The lowest BCUT2D eigenvalue weighted by Crippen LogP contribution is -2.45. The Hall–Kier alpha value is -2.64. The molecule has 1 aromatic carbocycles. The van der Waals surface area contributed by atoms with Gasteiger partial charge in [-0.3, -0.25) is 9.59 Å². The van der Waals surface area contributed by atoms with E-state index < -0.39 is 12.1 Å². The van der Waals surface area contributed by atoms with E-state index in [2.05, 4.69) is 10.3 Å². The van der Waals surface area contributed by atoms with Crippen molar-refractivity contribution in [3.63, 3.8) is 0 Å². The summed E-state index contributed by atoms with van der Waals surface area (Å²) < 4.78 is 0. The molecule has 136 valence electrons. The van der Waals surface area contributed by atoms with Crippen LogP contribution in [0.4, 0.5) is 5.82 Å². The molecule has 7 nitrogen and oxygen atoms in total. The summed E-state index contributed by atoms with van der Waals surface area (Å²) in [5.74, 6) is -0.450. The predicted molar refractivity (Wildman–Crippen MR) is 97.4 cm³/mol. The van der Waals surface area contributed by atoms with Gasteiger partial charge in [-0.05, 0) is 29.8 Å². The van der Waals surface area contributed by atoms with Crippen LogP contribution in [0.25, 0.3) is 0 Å². The average Bonchev–Trinajstić information content (AvgIpc) is 3.02. The molecular weight excluding hydrogens is 356 g/mol. The fourth-order valence-electron chi connectivity index (χ4n) is 2.94. The van der Waals surface area contributed by atoms with Crippen LogP contribution in [0, 0.1) is 0 Å². The first kappa shape index (κ1) is 18.2. The molecule has 3 rings (SSSR count). The minimum Gasteiger partial charge on any atom is -0.391 e. The summed E-state index contributed by atoms with van der Waals surface area (Å²) >= 11 is 5.84. The highest BCUT2D eigenvalue weighted by Gasteiger charge is 2.39. The Balaban J connectivity index is 1.69. The number of carbonyl (C=O) groups excluding carboxylic acids is 2. The molecule has 1 aromatic heterocycles. The van der Waals surface area contributed by atoms with E-state index in [1.807, 2.05) is 12.1 Å². The number of hydrogen-bond donors (Lipinski definition) is 3. The van der Waals surface area contributed by atoms with Gasteiger partial charge in [0.25, 0.3) is 5.91 Å². The number of aliphatic hydroxyl groups is 1. The van der Waals surface area contributed by atoms with Gasteiger partial charge >= 0.3 is 0 Å². The summed E-state index contributed by atoms with van der Waals surface area (Å²) in [4.78, 5) is 30.5. The molecule has 0 saturated carbocycles. The quantitative estimate of drug-likeness (QED) is 0.745. The van der Waals surface area contributed by atoms with Crippen LogP contribution in [0.2, 0.25) is 5.02 Å². The van der Waals surface area contributed by atoms with Gasteiger partial charge in [0.1, 0.15) is 11.9 Å². The number of anilines is 1. The van der Waals surface area contributed by atoms with Crippen molar-refractivity contribution in [2.75, 3.05) is 12.3 Å². The minimum atomic E-state index is -0.746. The van der Waals surface area contributed by atoms with Crippen LogP contribution in [0.3, 0.4) is 0 Å². The van der Waals surface area contributed by atoms with Crippen LogP contribution in [0.5, 0.6) is 0 Å². The Morgan fingerprint density at radius 1 is 1.31 bits per heavy atom. The molecule has 1 saturated heterocycles. The molecule has 0 bridgehead atoms. The van der Waals surface area contributed by atoms with Crippen LogP contribution in [0.15, 0.2) is 42.6 Å². The Morgan fingerprint density at radius 3 is 2.73 bits per heavy atom. The topological polar surface area (TPSA) is 109 Å². The molecule has 0 radical (unpaired) electrons. The number of rotatable bonds is 4. The number of nitrogens with zero attached hydrogens (tertiary/aromatic N) is 2. The molecule has 2 heterocycles. The lowest BCUT2D eigenvalue weighted by Gasteiger charge is -2.23. The van der Waals surface area contributed by atoms with Crippen molar-refractivity contribution in [1.82, 2.24) is 15.2 Å². The highest BCUT2D eigenvalue weighted by molar-refractivity contribution is 6.30. The van der Waals surface area contributed by atoms with E-state index in [-0.39, 0.29) is 30.6 Å². The van der Waals surface area contributed by atoms with Crippen molar-refractivity contribution >= 4 is 29.2 Å². The molecule has 2 aromatic rings. The third-order valence-electron chi connectivity index (χ3n) is 4.25. The number of aliphatic hydroxyl groups excluding tert-OH is 1. The van der Waals surface area contributed by atoms with E-state index in [0.717, 1.165) is 5.56 Å². The zero-order chi connectivity index (χ0) is 18.7. The standard InChI is InChI=1S/C18H19ClN4O3/c19-13-3-1-11(2-4-13)9-22-17(25)15-8-14(24)10-23(15)18(26)12-5-6-21-16(20)7-12/h1-7,14-15,24H,8-10H2,(H2,20,21)(H,22,25)/t14-,15+/m1/s1. The van der Waals surface area contributed by atoms with Crippen molar-refractivity contribution in [2.24, 2.45) is 0 Å². The molecule has 0 spiro atoms. The summed E-state index contributed by atoms with van der Waals surface area (Å²) in [6.07, 6.45) is 0.882. The number of amides is 2. The Morgan fingerprint density at radius 2 is 2.04 bits per heavy atom. The first-order chi connectivity index (χ1) is 12.4. The van der Waals surface area contributed by atoms with Crippen LogP contribution in [-0.2, 0) is 11.3 Å². The second kappa shape index (κ2) is 7.72. The van der Waals surface area contributed by atoms with Gasteiger partial charge in [-0.15, -0.1) is 0 Å². The summed E-state index contributed by atoms with van der Waals surface area (Å²) in [6, 6.07) is 9.36. The number of carbonyl (C=O) groups is 2. The van der Waals surface area contributed by atoms with E-state index in [4.69, 9.17) is 17.3 Å². The number of benzene rings is 1. The summed E-state index contributed by atoms with van der Waals surface area (Å²) in [7, 11) is 0. The number of nitrogens with two attached hydrogens (primary N) is 1. The molecular formula is C18H19ClN4O3. The van der Waals surface area contributed by atoms with E-state index >= 15 is 0 Å². The maximum absolute atomic E-state index is 12.7. The number of nitrogen functional groups attached to an aromatic ring is 1. The lowest BCUT2D eigenvalue weighted by molar-refractivity contribution is -0.125. The molecule has 1 aliphatic heterocycles. The highest BCUT2D eigenvalue weighted by Crippen LogP contribution is 2.21. The molecule has 4 N–H and O–H groups in total. The van der Waals surface area contributed by atoms with Crippen LogP contribution < -0.4 is 11.1 Å². The van der Waals surface area contributed by atoms with Gasteiger partial charge in [-0.1, -0.05) is 23.7 Å². The van der Waals surface area contributed by atoms with Crippen LogP contribution >= 0.6 is 11.6 Å². The average molecular weight is 375 g/mol. The van der Waals surface area contributed by atoms with Crippen molar-refractivity contribution in [1.29, 1.82) is 0 Å². The maximum Gasteiger partial charge on any atom is 0.254 e. The molecule has 0 aliphatic carbocycles. The first-order valence-corrected chi connectivity index (χ1v) is 8.54. The van der Waals surface area contributed by atoms with Crippen molar-refractivity contribution in [3.05, 3.63) is 58.7 Å². The van der Waals surface area contributed by atoms with E-state index in [0.29, 0.717) is 17.1 Å². The van der Waals surface area contributed by atoms with Crippen LogP contribution in [0.1, 0.15) is 22.3 Å². The van der Waals surface area contributed by atoms with Gasteiger partial charge in [0.05, 0.1) is 6.10 Å². The van der Waals surface area contributed by atoms with Gasteiger partial charge in [0.15, 0.2) is 0 Å². The highest BCUT2D eigenvalue weighted by atomic mass is 35.5. The van der Waals surface area contributed by atoms with E-state index in [1.54, 1.807) is 12.1 Å². The molecule has 2 amide bonds. The van der Waals surface area contributed by atoms with Crippen molar-refractivity contribution in [3.8, 4) is 0 Å². The second-order valence-corrected chi connectivity index (χ2v) is 6.61. The SMILES string of the molecule is Nc1cc(C(=O)N2C[C@H](O)C[C@H]2C(=O)NCc2ccc(Cl)cc2)ccn1. The van der Waals surface area contributed by atoms with Gasteiger partial charge in [-0.25, -0.2) is 4.98 Å². The second-order valence-electron chi connectivity index (χ2n) is 6.18. The largest absolute Gasteiger partial charge is 0.391 e. The minimum absolute atomic E-state index is 0.0973. The Labute approximate surface area is 155 Å². The zero-order valence-corrected chi connectivity index (χ0v) is 14.7. The monoisotopic (exact) mass is 374 g/mol. The van der Waals surface area contributed by atoms with Gasteiger partial charge in [-0.2, -0.15) is 0 Å². The fourth-order valence-corrected chi connectivity index (χ4v) is 3.07. The number of nitrogens with one attached hydrogen (secondary N) is 1. The normalized spacial score (nSPS) is 19.4. The van der Waals surface area contributed by atoms with Crippen molar-refractivity contribution in [2.45, 2.75) is 25.1 Å². The first-order valence-electron chi connectivity index (χ1n) is 8.17. The van der Waals surface area contributed by atoms with Crippen LogP contribution in [-0.4, -0.2) is 45.5 Å². The Kier molecular flexibility index (Phi) is 5.39. The predicted octanol–water partition coefficient (Wildman–Crippen LogP) is 1.21. The molecule has 26 heavy (non-hydrogen) atoms.